The van der Waals surface area contributed by atoms with E-state index in [-0.39, 0.29) is 11.9 Å². The Morgan fingerprint density at radius 1 is 1.62 bits per heavy atom. The molecule has 1 unspecified atom stereocenters. The maximum Gasteiger partial charge on any atom is 0.275 e. The van der Waals surface area contributed by atoms with Crippen LogP contribution in [0.5, 0.6) is 0 Å². The van der Waals surface area contributed by atoms with E-state index in [2.05, 4.69) is 11.2 Å². The van der Waals surface area contributed by atoms with Gasteiger partial charge in [-0.1, -0.05) is 0 Å². The van der Waals surface area contributed by atoms with E-state index < -0.39 is 0 Å². The van der Waals surface area contributed by atoms with Crippen LogP contribution in [0.25, 0.3) is 0 Å². The Bertz CT molecular complexity index is 431. The number of carbonyl (C=O) groups excluding carboxylic acids is 1. The average molecular weight is 218 g/mol. The number of rotatable bonds is 1. The standard InChI is InChI=1S/C11H14N4O/c1-14-7-5-10(13-14)11(16)15-6-3-2-4-9(15)8-12/h5,7,9H,2-4,6H2,1H3. The topological polar surface area (TPSA) is 61.9 Å². The first kappa shape index (κ1) is 10.7. The van der Waals surface area contributed by atoms with Crippen LogP contribution < -0.4 is 0 Å². The van der Waals surface area contributed by atoms with Gasteiger partial charge in [0.1, 0.15) is 11.7 Å². The molecule has 0 saturated carbocycles. The Labute approximate surface area is 94.3 Å². The number of nitrogens with zero attached hydrogens (tertiary/aromatic N) is 4. The zero-order valence-electron chi connectivity index (χ0n) is 9.26. The van der Waals surface area contributed by atoms with Crippen molar-refractivity contribution in [2.45, 2.75) is 25.3 Å². The van der Waals surface area contributed by atoms with Gasteiger partial charge in [-0.25, -0.2) is 0 Å². The van der Waals surface area contributed by atoms with Gasteiger partial charge in [-0.2, -0.15) is 10.4 Å². The molecule has 1 fully saturated rings. The molecule has 5 heteroatoms. The van der Waals surface area contributed by atoms with E-state index in [0.717, 1.165) is 19.3 Å². The molecule has 1 aliphatic heterocycles. The fourth-order valence-corrected chi connectivity index (χ4v) is 1.99. The second-order valence-electron chi connectivity index (χ2n) is 4.01. The van der Waals surface area contributed by atoms with Crippen LogP contribution in [0.1, 0.15) is 29.8 Å². The van der Waals surface area contributed by atoms with Crippen LogP contribution in [-0.4, -0.2) is 33.2 Å². The normalized spacial score (nSPS) is 20.5. The predicted octanol–water partition coefficient (Wildman–Crippen LogP) is 0.938. The summed E-state index contributed by atoms with van der Waals surface area (Å²) in [6, 6.07) is 3.58. The summed E-state index contributed by atoms with van der Waals surface area (Å²) < 4.78 is 1.60. The van der Waals surface area contributed by atoms with Gasteiger partial charge in [-0.05, 0) is 25.3 Å². The first-order valence-corrected chi connectivity index (χ1v) is 5.42. The summed E-state index contributed by atoms with van der Waals surface area (Å²) in [5, 5.41) is 13.1. The number of carbonyl (C=O) groups is 1. The first-order valence-electron chi connectivity index (χ1n) is 5.42. The van der Waals surface area contributed by atoms with E-state index in [1.807, 2.05) is 0 Å². The monoisotopic (exact) mass is 218 g/mol. The molecule has 1 saturated heterocycles. The Hall–Kier alpha value is -1.83. The molecule has 5 nitrogen and oxygen atoms in total. The lowest BCUT2D eigenvalue weighted by atomic mass is 10.0. The molecule has 0 N–H and O–H groups in total. The van der Waals surface area contributed by atoms with E-state index in [4.69, 9.17) is 5.26 Å². The molecular weight excluding hydrogens is 204 g/mol. The van der Waals surface area contributed by atoms with Crippen LogP contribution in [0.4, 0.5) is 0 Å². The Balaban J connectivity index is 2.17. The van der Waals surface area contributed by atoms with E-state index in [1.165, 1.54) is 0 Å². The first-order chi connectivity index (χ1) is 7.72. The van der Waals surface area contributed by atoms with Crippen molar-refractivity contribution in [1.29, 1.82) is 5.26 Å². The molecule has 2 rings (SSSR count). The molecule has 0 bridgehead atoms. The summed E-state index contributed by atoms with van der Waals surface area (Å²) in [6.45, 7) is 0.660. The maximum absolute atomic E-state index is 12.1. The van der Waals surface area contributed by atoms with Gasteiger partial charge in [0, 0.05) is 19.8 Å². The fourth-order valence-electron chi connectivity index (χ4n) is 1.99. The number of amides is 1. The zero-order valence-corrected chi connectivity index (χ0v) is 9.26. The van der Waals surface area contributed by atoms with Crippen molar-refractivity contribution < 1.29 is 4.79 Å². The van der Waals surface area contributed by atoms with Crippen LogP contribution in [0.2, 0.25) is 0 Å². The average Bonchev–Trinajstić information content (AvgIpc) is 2.75. The molecule has 1 amide bonds. The van der Waals surface area contributed by atoms with Gasteiger partial charge in [-0.15, -0.1) is 0 Å². The predicted molar refractivity (Wildman–Crippen MR) is 57.5 cm³/mol. The van der Waals surface area contributed by atoms with Crippen molar-refractivity contribution in [1.82, 2.24) is 14.7 Å². The minimum Gasteiger partial charge on any atom is -0.321 e. The van der Waals surface area contributed by atoms with Crippen LogP contribution in [-0.2, 0) is 7.05 Å². The van der Waals surface area contributed by atoms with Crippen molar-refractivity contribution in [2.75, 3.05) is 6.54 Å². The Morgan fingerprint density at radius 3 is 3.06 bits per heavy atom. The highest BCUT2D eigenvalue weighted by Crippen LogP contribution is 2.18. The van der Waals surface area contributed by atoms with Gasteiger partial charge < -0.3 is 4.90 Å². The molecule has 1 aromatic heterocycles. The lowest BCUT2D eigenvalue weighted by Gasteiger charge is -2.30. The summed E-state index contributed by atoms with van der Waals surface area (Å²) in [5.74, 6) is -0.133. The second kappa shape index (κ2) is 4.35. The summed E-state index contributed by atoms with van der Waals surface area (Å²) in [6.07, 6.45) is 4.49. The maximum atomic E-state index is 12.1. The molecule has 0 aromatic carbocycles. The lowest BCUT2D eigenvalue weighted by molar-refractivity contribution is 0.0663. The summed E-state index contributed by atoms with van der Waals surface area (Å²) in [4.78, 5) is 13.7. The van der Waals surface area contributed by atoms with Crippen molar-refractivity contribution in [3.63, 3.8) is 0 Å². The number of piperidine rings is 1. The molecule has 84 valence electrons. The van der Waals surface area contributed by atoms with Crippen LogP contribution in [0, 0.1) is 11.3 Å². The molecule has 0 spiro atoms. The van der Waals surface area contributed by atoms with Gasteiger partial charge >= 0.3 is 0 Å². The van der Waals surface area contributed by atoms with Gasteiger partial charge in [-0.3, -0.25) is 9.48 Å². The van der Waals surface area contributed by atoms with Crippen molar-refractivity contribution in [3.05, 3.63) is 18.0 Å². The number of aromatic nitrogens is 2. The fraction of sp³-hybridized carbons (Fsp3) is 0.545. The van der Waals surface area contributed by atoms with Crippen molar-refractivity contribution >= 4 is 5.91 Å². The van der Waals surface area contributed by atoms with E-state index in [1.54, 1.807) is 28.9 Å². The van der Waals surface area contributed by atoms with Crippen LogP contribution in [0.15, 0.2) is 12.3 Å². The third-order valence-electron chi connectivity index (χ3n) is 2.85. The highest BCUT2D eigenvalue weighted by Gasteiger charge is 2.28. The van der Waals surface area contributed by atoms with E-state index >= 15 is 0 Å². The largest absolute Gasteiger partial charge is 0.321 e. The molecule has 1 aliphatic rings. The van der Waals surface area contributed by atoms with Crippen molar-refractivity contribution in [2.24, 2.45) is 7.05 Å². The molecule has 0 radical (unpaired) electrons. The molecular formula is C11H14N4O. The molecule has 1 aromatic rings. The third-order valence-corrected chi connectivity index (χ3v) is 2.85. The zero-order chi connectivity index (χ0) is 11.5. The summed E-state index contributed by atoms with van der Waals surface area (Å²) in [5.41, 5.74) is 0.421. The number of aryl methyl sites for hydroxylation is 1. The Kier molecular flexibility index (Phi) is 2.91. The van der Waals surface area contributed by atoms with Crippen LogP contribution in [0.3, 0.4) is 0 Å². The Morgan fingerprint density at radius 2 is 2.44 bits per heavy atom. The number of nitriles is 1. The minimum atomic E-state index is -0.289. The quantitative estimate of drug-likeness (QED) is 0.704. The van der Waals surface area contributed by atoms with Crippen LogP contribution >= 0.6 is 0 Å². The molecule has 2 heterocycles. The van der Waals surface area contributed by atoms with Gasteiger partial charge in [0.2, 0.25) is 0 Å². The second-order valence-corrected chi connectivity index (χ2v) is 4.01. The highest BCUT2D eigenvalue weighted by molar-refractivity contribution is 5.92. The molecule has 0 aliphatic carbocycles. The number of hydrogen-bond acceptors (Lipinski definition) is 3. The summed E-state index contributed by atoms with van der Waals surface area (Å²) >= 11 is 0. The lowest BCUT2D eigenvalue weighted by Crippen LogP contribution is -2.43. The molecule has 1 atom stereocenters. The van der Waals surface area contributed by atoms with Crippen molar-refractivity contribution in [3.8, 4) is 6.07 Å². The number of likely N-dealkylation sites (tertiary alicyclic amines) is 1. The van der Waals surface area contributed by atoms with Gasteiger partial charge in [0.05, 0.1) is 6.07 Å². The van der Waals surface area contributed by atoms with E-state index in [0.29, 0.717) is 12.2 Å². The molecule has 16 heavy (non-hydrogen) atoms. The smallest absolute Gasteiger partial charge is 0.275 e. The van der Waals surface area contributed by atoms with Gasteiger partial charge in [0.25, 0.3) is 5.91 Å². The van der Waals surface area contributed by atoms with E-state index in [9.17, 15) is 4.79 Å². The SMILES string of the molecule is Cn1ccc(C(=O)N2CCCCC2C#N)n1. The highest BCUT2D eigenvalue weighted by atomic mass is 16.2. The summed E-state index contributed by atoms with van der Waals surface area (Å²) in [7, 11) is 1.77. The third kappa shape index (κ3) is 1.91. The minimum absolute atomic E-state index is 0.133. The van der Waals surface area contributed by atoms with Gasteiger partial charge in [0.15, 0.2) is 0 Å². The number of hydrogen-bond donors (Lipinski definition) is 0.